The first-order chi connectivity index (χ1) is 21.3. The molecule has 4 heteroatoms. The summed E-state index contributed by atoms with van der Waals surface area (Å²) >= 11 is 0. The second kappa shape index (κ2) is 8.34. The van der Waals surface area contributed by atoms with E-state index in [0.29, 0.717) is 5.89 Å². The molecule has 0 N–H and O–H groups in total. The number of nitrogens with zero attached hydrogens (tertiary/aromatic N) is 2. The quantitative estimate of drug-likeness (QED) is 0.215. The molecule has 7 aromatic carbocycles. The van der Waals surface area contributed by atoms with Crippen LogP contribution in [0.3, 0.4) is 0 Å². The van der Waals surface area contributed by atoms with Crippen LogP contribution in [0.2, 0.25) is 0 Å². The van der Waals surface area contributed by atoms with Gasteiger partial charge in [-0.15, -0.1) is 0 Å². The summed E-state index contributed by atoms with van der Waals surface area (Å²) in [5.41, 5.74) is 7.50. The van der Waals surface area contributed by atoms with E-state index in [9.17, 15) is 0 Å². The third-order valence-electron chi connectivity index (χ3n) is 8.78. The molecule has 4 nitrogen and oxygen atoms in total. The average molecular weight is 551 g/mol. The van der Waals surface area contributed by atoms with E-state index in [0.717, 1.165) is 66.1 Å². The lowest BCUT2D eigenvalue weighted by atomic mass is 9.98. The maximum Gasteiger partial charge on any atom is 0.228 e. The molecule has 10 aromatic rings. The highest BCUT2D eigenvalue weighted by molar-refractivity contribution is 6.22. The Kier molecular flexibility index (Phi) is 4.42. The van der Waals surface area contributed by atoms with Crippen molar-refractivity contribution >= 4 is 76.4 Å². The molecule has 3 aromatic heterocycles. The van der Waals surface area contributed by atoms with E-state index in [1.54, 1.807) is 0 Å². The lowest BCUT2D eigenvalue weighted by Gasteiger charge is -2.09. The second-order valence-electron chi connectivity index (χ2n) is 11.2. The smallest absolute Gasteiger partial charge is 0.228 e. The predicted octanol–water partition coefficient (Wildman–Crippen LogP) is 10.8. The molecule has 43 heavy (non-hydrogen) atoms. The highest BCUT2D eigenvalue weighted by Gasteiger charge is 2.23. The van der Waals surface area contributed by atoms with Crippen molar-refractivity contribution in [3.8, 4) is 17.1 Å². The second-order valence-corrected chi connectivity index (χ2v) is 11.2. The van der Waals surface area contributed by atoms with E-state index in [2.05, 4.69) is 114 Å². The van der Waals surface area contributed by atoms with E-state index in [-0.39, 0.29) is 0 Å². The topological polar surface area (TPSA) is 44.1 Å². The first-order valence-electron chi connectivity index (χ1n) is 14.5. The minimum absolute atomic E-state index is 0.597. The first kappa shape index (κ1) is 22.8. The van der Waals surface area contributed by atoms with Gasteiger partial charge >= 0.3 is 0 Å². The van der Waals surface area contributed by atoms with E-state index >= 15 is 0 Å². The van der Waals surface area contributed by atoms with Gasteiger partial charge in [0.1, 0.15) is 11.1 Å². The van der Waals surface area contributed by atoms with Crippen molar-refractivity contribution in [1.82, 2.24) is 9.55 Å². The van der Waals surface area contributed by atoms with Crippen LogP contribution in [0.1, 0.15) is 0 Å². The SMILES string of the molecule is c1ccc2cc3c(cc2c1)c1ccccc1n3-c1cccc2c1oc1cc3ccccc3c(-c3nc4ccccc4o3)c12. The molecule has 0 amide bonds. The molecule has 0 radical (unpaired) electrons. The molecule has 3 heterocycles. The molecule has 10 rings (SSSR count). The summed E-state index contributed by atoms with van der Waals surface area (Å²) in [4.78, 5) is 4.94. The summed E-state index contributed by atoms with van der Waals surface area (Å²) < 4.78 is 15.6. The Hall–Kier alpha value is -5.87. The maximum atomic E-state index is 6.85. The molecule has 0 spiro atoms. The molecule has 0 bridgehead atoms. The van der Waals surface area contributed by atoms with Gasteiger partial charge < -0.3 is 13.4 Å². The average Bonchev–Trinajstić information content (AvgIpc) is 3.74. The lowest BCUT2D eigenvalue weighted by molar-refractivity contribution is 0.621. The van der Waals surface area contributed by atoms with Crippen LogP contribution in [0, 0.1) is 0 Å². The standard InChI is InChI=1S/C39H22N2O2/c1-2-11-24-21-33-29(20-23(24)10-1)27-14-5-7-17-31(27)41(33)32-18-9-15-28-36-35(42-38(28)32)22-25-12-3-4-13-26(25)37(36)39-40-30-16-6-8-19-34(30)43-39/h1-22H. The van der Waals surface area contributed by atoms with E-state index in [1.807, 2.05) is 24.3 Å². The van der Waals surface area contributed by atoms with Crippen LogP contribution in [-0.2, 0) is 0 Å². The fraction of sp³-hybridized carbons (Fsp3) is 0. The summed E-state index contributed by atoms with van der Waals surface area (Å²) in [7, 11) is 0. The Morgan fingerprint density at radius 2 is 1.21 bits per heavy atom. The van der Waals surface area contributed by atoms with Crippen LogP contribution in [0.15, 0.2) is 142 Å². The Morgan fingerprint density at radius 3 is 2.09 bits per heavy atom. The molecule has 0 fully saturated rings. The number of oxazole rings is 1. The number of fused-ring (bicyclic) bond motifs is 9. The summed E-state index contributed by atoms with van der Waals surface area (Å²) in [6.45, 7) is 0. The zero-order valence-electron chi connectivity index (χ0n) is 22.9. The van der Waals surface area contributed by atoms with Crippen molar-refractivity contribution in [2.45, 2.75) is 0 Å². The minimum Gasteiger partial charge on any atom is -0.454 e. The van der Waals surface area contributed by atoms with Gasteiger partial charge in [-0.05, 0) is 64.0 Å². The zero-order valence-corrected chi connectivity index (χ0v) is 22.9. The number of hydrogen-bond donors (Lipinski definition) is 0. The van der Waals surface area contributed by atoms with Crippen molar-refractivity contribution in [2.24, 2.45) is 0 Å². The van der Waals surface area contributed by atoms with Crippen molar-refractivity contribution < 1.29 is 8.83 Å². The van der Waals surface area contributed by atoms with Crippen LogP contribution in [-0.4, -0.2) is 9.55 Å². The molecule has 0 aliphatic heterocycles. The highest BCUT2D eigenvalue weighted by atomic mass is 16.3. The van der Waals surface area contributed by atoms with Gasteiger partial charge in [0.05, 0.1) is 22.3 Å². The van der Waals surface area contributed by atoms with Crippen LogP contribution >= 0.6 is 0 Å². The monoisotopic (exact) mass is 550 g/mol. The molecule has 200 valence electrons. The lowest BCUT2D eigenvalue weighted by Crippen LogP contribution is -1.94. The van der Waals surface area contributed by atoms with Gasteiger partial charge in [0, 0.05) is 21.5 Å². The molecule has 0 unspecified atom stereocenters. The van der Waals surface area contributed by atoms with Gasteiger partial charge in [0.2, 0.25) is 5.89 Å². The van der Waals surface area contributed by atoms with Gasteiger partial charge in [-0.1, -0.05) is 91.0 Å². The molecule has 0 saturated carbocycles. The van der Waals surface area contributed by atoms with Crippen molar-refractivity contribution in [1.29, 1.82) is 0 Å². The fourth-order valence-corrected chi connectivity index (χ4v) is 6.90. The first-order valence-corrected chi connectivity index (χ1v) is 14.5. The number of benzene rings is 7. The van der Waals surface area contributed by atoms with Gasteiger partial charge in [-0.25, -0.2) is 4.98 Å². The number of furan rings is 1. The third-order valence-corrected chi connectivity index (χ3v) is 8.78. The molecule has 0 aliphatic carbocycles. The zero-order chi connectivity index (χ0) is 28.1. The van der Waals surface area contributed by atoms with Gasteiger partial charge in [-0.3, -0.25) is 0 Å². The van der Waals surface area contributed by atoms with E-state index in [4.69, 9.17) is 13.8 Å². The third kappa shape index (κ3) is 3.12. The van der Waals surface area contributed by atoms with E-state index in [1.165, 1.54) is 21.5 Å². The van der Waals surface area contributed by atoms with Gasteiger partial charge in [0.15, 0.2) is 11.2 Å². The Bertz CT molecular complexity index is 2710. The predicted molar refractivity (Wildman–Crippen MR) is 176 cm³/mol. The molecular formula is C39H22N2O2. The minimum atomic E-state index is 0.597. The van der Waals surface area contributed by atoms with E-state index < -0.39 is 0 Å². The van der Waals surface area contributed by atoms with Crippen LogP contribution in [0.5, 0.6) is 0 Å². The molecule has 0 saturated heterocycles. The number of para-hydroxylation sites is 4. The van der Waals surface area contributed by atoms with Crippen LogP contribution in [0.25, 0.3) is 93.5 Å². The number of hydrogen-bond acceptors (Lipinski definition) is 3. The largest absolute Gasteiger partial charge is 0.454 e. The van der Waals surface area contributed by atoms with Crippen molar-refractivity contribution in [3.63, 3.8) is 0 Å². The van der Waals surface area contributed by atoms with Gasteiger partial charge in [-0.2, -0.15) is 0 Å². The summed E-state index contributed by atoms with van der Waals surface area (Å²) in [6, 6.07) is 46.6. The Balaban J connectivity index is 1.36. The van der Waals surface area contributed by atoms with Gasteiger partial charge in [0.25, 0.3) is 0 Å². The maximum absolute atomic E-state index is 6.85. The van der Waals surface area contributed by atoms with Crippen molar-refractivity contribution in [3.05, 3.63) is 133 Å². The summed E-state index contributed by atoms with van der Waals surface area (Å²) in [5, 5.41) is 9.08. The molecule has 0 atom stereocenters. The highest BCUT2D eigenvalue weighted by Crippen LogP contribution is 2.45. The van der Waals surface area contributed by atoms with Crippen LogP contribution in [0.4, 0.5) is 0 Å². The van der Waals surface area contributed by atoms with Crippen LogP contribution < -0.4 is 0 Å². The Labute approximate surface area is 245 Å². The normalized spacial score (nSPS) is 12.2. The molecular weight excluding hydrogens is 528 g/mol. The molecule has 0 aliphatic rings. The Morgan fingerprint density at radius 1 is 0.488 bits per heavy atom. The summed E-state index contributed by atoms with van der Waals surface area (Å²) in [6.07, 6.45) is 0. The number of rotatable bonds is 2. The van der Waals surface area contributed by atoms with Crippen molar-refractivity contribution in [2.75, 3.05) is 0 Å². The summed E-state index contributed by atoms with van der Waals surface area (Å²) in [5.74, 6) is 0.597. The fourth-order valence-electron chi connectivity index (χ4n) is 6.90. The number of aromatic nitrogens is 2.